The monoisotopic (exact) mass is 347 g/mol. The van der Waals surface area contributed by atoms with Crippen LogP contribution >= 0.6 is 0 Å². The van der Waals surface area contributed by atoms with Gasteiger partial charge in [0, 0.05) is 13.0 Å². The molecule has 134 valence electrons. The first kappa shape index (κ1) is 20.0. The van der Waals surface area contributed by atoms with Gasteiger partial charge in [0.2, 0.25) is 11.8 Å². The maximum atomic E-state index is 11.7. The minimum Gasteiger partial charge on any atom is -0.445 e. The predicted octanol–water partition coefficient (Wildman–Crippen LogP) is -0.343. The smallest absolute Gasteiger partial charge is 0.407 e. The first-order valence-electron chi connectivity index (χ1n) is 7.57. The summed E-state index contributed by atoms with van der Waals surface area (Å²) in [6.45, 7) is -0.0902. The van der Waals surface area contributed by atoms with Crippen LogP contribution in [0.1, 0.15) is 18.4 Å². The number of nitrogens with one attached hydrogen (secondary N) is 2. The highest BCUT2D eigenvalue weighted by molar-refractivity contribution is 5.87. The van der Waals surface area contributed by atoms with Gasteiger partial charge in [-0.25, -0.2) is 4.79 Å². The van der Waals surface area contributed by atoms with Gasteiger partial charge in [0.15, 0.2) is 0 Å². The van der Waals surface area contributed by atoms with Gasteiger partial charge in [-0.3, -0.25) is 9.59 Å². The molecule has 8 nitrogen and oxygen atoms in total. The van der Waals surface area contributed by atoms with Crippen LogP contribution < -0.4 is 16.4 Å². The highest BCUT2D eigenvalue weighted by Gasteiger charge is 2.19. The highest BCUT2D eigenvalue weighted by Crippen LogP contribution is 2.00. The van der Waals surface area contributed by atoms with Crippen LogP contribution in [0, 0.1) is 12.3 Å². The molecule has 0 radical (unpaired) electrons. The van der Waals surface area contributed by atoms with Gasteiger partial charge in [0.25, 0.3) is 0 Å². The van der Waals surface area contributed by atoms with Crippen molar-refractivity contribution in [2.75, 3.05) is 6.54 Å². The van der Waals surface area contributed by atoms with Gasteiger partial charge in [-0.1, -0.05) is 30.3 Å². The Kier molecular flexibility index (Phi) is 8.54. The fraction of sp³-hybridized carbons (Fsp3) is 0.353. The van der Waals surface area contributed by atoms with Crippen LogP contribution in [0.3, 0.4) is 0 Å². The number of nitrogens with two attached hydrogens (primary N) is 1. The summed E-state index contributed by atoms with van der Waals surface area (Å²) in [5, 5.41) is 14.4. The van der Waals surface area contributed by atoms with E-state index < -0.39 is 30.1 Å². The normalized spacial score (nSPS) is 12.3. The zero-order valence-electron chi connectivity index (χ0n) is 13.6. The highest BCUT2D eigenvalue weighted by atomic mass is 16.5. The van der Waals surface area contributed by atoms with Crippen molar-refractivity contribution in [3.63, 3.8) is 0 Å². The summed E-state index contributed by atoms with van der Waals surface area (Å²) < 4.78 is 4.97. The standard InChI is InChI=1S/C17H21N3O5/c1-2-6-14(16(18)23)20-15(22)9-13(21)10-19-17(24)25-11-12-7-4-3-5-8-12/h1,3-5,7-8,13-14,21H,6,9-11H2,(H2,18,23)(H,19,24)(H,20,22)/t13-,14+/m1/s1. The van der Waals surface area contributed by atoms with Crippen molar-refractivity contribution in [2.24, 2.45) is 5.73 Å². The Labute approximate surface area is 145 Å². The summed E-state index contributed by atoms with van der Waals surface area (Å²) >= 11 is 0. The fourth-order valence-corrected chi connectivity index (χ4v) is 1.86. The molecule has 0 heterocycles. The zero-order valence-corrected chi connectivity index (χ0v) is 13.6. The van der Waals surface area contributed by atoms with Gasteiger partial charge in [-0.05, 0) is 5.56 Å². The van der Waals surface area contributed by atoms with E-state index in [1.54, 1.807) is 12.1 Å². The van der Waals surface area contributed by atoms with E-state index in [-0.39, 0.29) is 26.0 Å². The number of rotatable bonds is 9. The lowest BCUT2D eigenvalue weighted by molar-refractivity contribution is -0.128. The molecule has 0 saturated carbocycles. The second kappa shape index (κ2) is 10.7. The summed E-state index contributed by atoms with van der Waals surface area (Å²) in [4.78, 5) is 34.3. The van der Waals surface area contributed by atoms with Crippen molar-refractivity contribution in [2.45, 2.75) is 31.6 Å². The lowest BCUT2D eigenvalue weighted by atomic mass is 10.1. The number of terminal acetylenes is 1. The average Bonchev–Trinajstić information content (AvgIpc) is 2.58. The molecule has 0 fully saturated rings. The molecule has 1 aromatic rings. The predicted molar refractivity (Wildman–Crippen MR) is 89.8 cm³/mol. The zero-order chi connectivity index (χ0) is 18.7. The average molecular weight is 347 g/mol. The molecule has 0 aromatic heterocycles. The first-order valence-corrected chi connectivity index (χ1v) is 7.57. The topological polar surface area (TPSA) is 131 Å². The number of carbonyl (C=O) groups is 3. The summed E-state index contributed by atoms with van der Waals surface area (Å²) in [7, 11) is 0. The molecule has 2 atom stereocenters. The van der Waals surface area contributed by atoms with Crippen LogP contribution in [0.5, 0.6) is 0 Å². The van der Waals surface area contributed by atoms with Crippen LogP contribution in [0.15, 0.2) is 30.3 Å². The Morgan fingerprint density at radius 1 is 1.28 bits per heavy atom. The molecule has 0 aliphatic heterocycles. The molecule has 0 aliphatic rings. The SMILES string of the molecule is C#CC[C@H](NC(=O)C[C@@H](O)CNC(=O)OCc1ccccc1)C(N)=O. The van der Waals surface area contributed by atoms with Gasteiger partial charge >= 0.3 is 6.09 Å². The maximum Gasteiger partial charge on any atom is 0.407 e. The van der Waals surface area contributed by atoms with Crippen molar-refractivity contribution < 1.29 is 24.2 Å². The molecule has 0 unspecified atom stereocenters. The molecule has 0 bridgehead atoms. The maximum absolute atomic E-state index is 11.7. The number of aliphatic hydroxyl groups is 1. The largest absolute Gasteiger partial charge is 0.445 e. The minimum absolute atomic E-state index is 0.0404. The molecule has 1 rings (SSSR count). The second-order valence-electron chi connectivity index (χ2n) is 5.23. The molecular formula is C17H21N3O5. The minimum atomic E-state index is -1.15. The third-order valence-corrected chi connectivity index (χ3v) is 3.12. The van der Waals surface area contributed by atoms with Crippen LogP contribution in [0.2, 0.25) is 0 Å². The van der Waals surface area contributed by atoms with Crippen molar-refractivity contribution in [1.82, 2.24) is 10.6 Å². The van der Waals surface area contributed by atoms with Crippen molar-refractivity contribution in [1.29, 1.82) is 0 Å². The third-order valence-electron chi connectivity index (χ3n) is 3.12. The molecule has 25 heavy (non-hydrogen) atoms. The van der Waals surface area contributed by atoms with Gasteiger partial charge in [0.1, 0.15) is 12.6 Å². The summed E-state index contributed by atoms with van der Waals surface area (Å²) in [6, 6.07) is 8.10. The molecular weight excluding hydrogens is 326 g/mol. The van der Waals surface area contributed by atoms with E-state index in [1.807, 2.05) is 18.2 Å². The number of aliphatic hydroxyl groups excluding tert-OH is 1. The molecule has 1 aromatic carbocycles. The number of amides is 3. The van der Waals surface area contributed by atoms with Crippen molar-refractivity contribution in [3.8, 4) is 12.3 Å². The molecule has 3 amide bonds. The number of carbonyl (C=O) groups excluding carboxylic acids is 3. The van der Waals surface area contributed by atoms with Gasteiger partial charge in [-0.15, -0.1) is 12.3 Å². The van der Waals surface area contributed by atoms with E-state index in [0.717, 1.165) is 5.56 Å². The van der Waals surface area contributed by atoms with Crippen LogP contribution in [0.25, 0.3) is 0 Å². The van der Waals surface area contributed by atoms with Gasteiger partial charge < -0.3 is 26.2 Å². The molecule has 0 aliphatic carbocycles. The Morgan fingerprint density at radius 2 is 1.96 bits per heavy atom. The van der Waals surface area contributed by atoms with Gasteiger partial charge in [-0.2, -0.15) is 0 Å². The molecule has 8 heteroatoms. The van der Waals surface area contributed by atoms with Crippen molar-refractivity contribution >= 4 is 17.9 Å². The first-order chi connectivity index (χ1) is 11.9. The lowest BCUT2D eigenvalue weighted by Gasteiger charge is -2.15. The molecule has 0 saturated heterocycles. The second-order valence-corrected chi connectivity index (χ2v) is 5.23. The summed E-state index contributed by atoms with van der Waals surface area (Å²) in [5.41, 5.74) is 5.92. The Bertz CT molecular complexity index is 627. The fourth-order valence-electron chi connectivity index (χ4n) is 1.86. The third kappa shape index (κ3) is 8.39. The van der Waals surface area contributed by atoms with E-state index >= 15 is 0 Å². The number of hydrogen-bond donors (Lipinski definition) is 4. The summed E-state index contributed by atoms with van der Waals surface area (Å²) in [6.07, 6.45) is 2.84. The van der Waals surface area contributed by atoms with Crippen LogP contribution in [-0.2, 0) is 20.9 Å². The molecule has 5 N–H and O–H groups in total. The van der Waals surface area contributed by atoms with Crippen LogP contribution in [-0.4, -0.2) is 41.7 Å². The van der Waals surface area contributed by atoms with E-state index in [1.165, 1.54) is 0 Å². The van der Waals surface area contributed by atoms with E-state index in [4.69, 9.17) is 16.9 Å². The Morgan fingerprint density at radius 3 is 2.56 bits per heavy atom. The Balaban J connectivity index is 2.28. The van der Waals surface area contributed by atoms with Crippen LogP contribution in [0.4, 0.5) is 4.79 Å². The number of primary amides is 1. The van der Waals surface area contributed by atoms with Crippen molar-refractivity contribution in [3.05, 3.63) is 35.9 Å². The molecule has 0 spiro atoms. The number of alkyl carbamates (subject to hydrolysis) is 1. The summed E-state index contributed by atoms with van der Waals surface area (Å²) in [5.74, 6) is 0.858. The van der Waals surface area contributed by atoms with E-state index in [2.05, 4.69) is 16.6 Å². The number of benzene rings is 1. The van der Waals surface area contributed by atoms with Gasteiger partial charge in [0.05, 0.1) is 12.5 Å². The number of ether oxygens (including phenoxy) is 1. The Hall–Kier alpha value is -3.05. The number of hydrogen-bond acceptors (Lipinski definition) is 5. The quantitative estimate of drug-likeness (QED) is 0.454. The van der Waals surface area contributed by atoms with E-state index in [0.29, 0.717) is 0 Å². The van der Waals surface area contributed by atoms with E-state index in [9.17, 15) is 19.5 Å². The lowest BCUT2D eigenvalue weighted by Crippen LogP contribution is -2.45.